The molecule has 0 unspecified atom stereocenters. The van der Waals surface area contributed by atoms with Crippen molar-refractivity contribution in [3.8, 4) is 0 Å². The molecule has 150 valence electrons. The van der Waals surface area contributed by atoms with E-state index in [1.165, 1.54) is 0 Å². The van der Waals surface area contributed by atoms with Gasteiger partial charge in [-0.15, -0.1) is 0 Å². The molecule has 4 heterocycles. The maximum Gasteiger partial charge on any atom is 0.274 e. The molecule has 2 amide bonds. The number of carbonyl (C=O) groups is 2. The van der Waals surface area contributed by atoms with Crippen molar-refractivity contribution < 1.29 is 9.59 Å². The molecule has 0 spiro atoms. The number of aryl methyl sites for hydroxylation is 1. The van der Waals surface area contributed by atoms with Crippen LogP contribution < -0.4 is 5.32 Å². The third kappa shape index (κ3) is 3.18. The summed E-state index contributed by atoms with van der Waals surface area (Å²) < 4.78 is 3.62. The van der Waals surface area contributed by atoms with Crippen LogP contribution in [0, 0.1) is 0 Å². The lowest BCUT2D eigenvalue weighted by Gasteiger charge is -2.27. The van der Waals surface area contributed by atoms with Crippen molar-refractivity contribution >= 4 is 17.5 Å². The largest absolute Gasteiger partial charge is 0.348 e. The van der Waals surface area contributed by atoms with Crippen LogP contribution in [0.2, 0.25) is 0 Å². The Hall–Kier alpha value is -3.16. The smallest absolute Gasteiger partial charge is 0.274 e. The number of aromatic nitrogens is 4. The zero-order chi connectivity index (χ0) is 20.0. The highest BCUT2D eigenvalue weighted by atomic mass is 16.2. The van der Waals surface area contributed by atoms with Crippen molar-refractivity contribution in [2.45, 2.75) is 44.7 Å². The van der Waals surface area contributed by atoms with Gasteiger partial charge >= 0.3 is 0 Å². The molecule has 8 heteroatoms. The fraction of sp³-hybridized carbons (Fsp3) is 0.429. The molecule has 1 N–H and O–H groups in total. The molecule has 8 nitrogen and oxygen atoms in total. The Morgan fingerprint density at radius 3 is 2.83 bits per heavy atom. The molecule has 5 rings (SSSR count). The van der Waals surface area contributed by atoms with Crippen LogP contribution in [-0.4, -0.2) is 48.5 Å². The molecule has 0 atom stereocenters. The lowest BCUT2D eigenvalue weighted by Crippen LogP contribution is -2.38. The summed E-state index contributed by atoms with van der Waals surface area (Å²) in [4.78, 5) is 32.1. The summed E-state index contributed by atoms with van der Waals surface area (Å²) in [6.07, 6.45) is 8.68. The van der Waals surface area contributed by atoms with Gasteiger partial charge in [0.15, 0.2) is 5.69 Å². The fourth-order valence-corrected chi connectivity index (χ4v) is 4.47. The molecule has 3 aromatic rings. The lowest BCUT2D eigenvalue weighted by molar-refractivity contribution is 0.0725. The van der Waals surface area contributed by atoms with Crippen LogP contribution in [0.1, 0.15) is 57.9 Å². The van der Waals surface area contributed by atoms with Gasteiger partial charge in [0.05, 0.1) is 6.54 Å². The van der Waals surface area contributed by atoms with Crippen molar-refractivity contribution in [1.29, 1.82) is 0 Å². The highest BCUT2D eigenvalue weighted by Gasteiger charge is 2.31. The van der Waals surface area contributed by atoms with E-state index < -0.39 is 0 Å². The average molecular weight is 392 g/mol. The predicted octanol–water partition coefficient (Wildman–Crippen LogP) is 1.94. The molecular formula is C21H24N6O2. The number of amides is 2. The first-order valence-electron chi connectivity index (χ1n) is 10.2. The van der Waals surface area contributed by atoms with Gasteiger partial charge < -0.3 is 14.6 Å². The number of nitrogens with one attached hydrogen (secondary N) is 1. The highest BCUT2D eigenvalue weighted by Crippen LogP contribution is 2.25. The molecule has 0 bridgehead atoms. The second-order valence-electron chi connectivity index (χ2n) is 7.92. The number of rotatable bonds is 3. The molecule has 1 aliphatic carbocycles. The number of pyridine rings is 1. The van der Waals surface area contributed by atoms with Crippen LogP contribution in [0.5, 0.6) is 0 Å². The van der Waals surface area contributed by atoms with E-state index in [1.54, 1.807) is 15.8 Å². The van der Waals surface area contributed by atoms with Crippen molar-refractivity contribution in [3.63, 3.8) is 0 Å². The van der Waals surface area contributed by atoms with Gasteiger partial charge in [-0.3, -0.25) is 14.3 Å². The standard InChI is InChI=1S/C21H24N6O2/c1-25-17-9-11-27(21(29)16-13-26-10-5-4-8-18(26)23-16)12-15(17)19(24-25)20(28)22-14-6-2-3-7-14/h4-5,8,10,13-14H,2-3,6-7,9,11-12H2,1H3,(H,22,28). The topological polar surface area (TPSA) is 84.5 Å². The van der Waals surface area contributed by atoms with E-state index >= 15 is 0 Å². The Morgan fingerprint density at radius 2 is 2.03 bits per heavy atom. The molecule has 3 aromatic heterocycles. The molecule has 0 saturated heterocycles. The Balaban J connectivity index is 1.39. The second-order valence-corrected chi connectivity index (χ2v) is 7.92. The van der Waals surface area contributed by atoms with Gasteiger partial charge in [-0.1, -0.05) is 18.9 Å². The van der Waals surface area contributed by atoms with E-state index in [0.29, 0.717) is 30.9 Å². The summed E-state index contributed by atoms with van der Waals surface area (Å²) >= 11 is 0. The van der Waals surface area contributed by atoms with E-state index in [4.69, 9.17) is 0 Å². The minimum Gasteiger partial charge on any atom is -0.348 e. The quantitative estimate of drug-likeness (QED) is 0.738. The minimum atomic E-state index is -0.129. The van der Waals surface area contributed by atoms with Gasteiger partial charge in [0.2, 0.25) is 0 Å². The first kappa shape index (κ1) is 17.9. The summed E-state index contributed by atoms with van der Waals surface area (Å²) in [5, 5.41) is 7.60. The summed E-state index contributed by atoms with van der Waals surface area (Å²) in [5.74, 6) is -0.249. The fourth-order valence-electron chi connectivity index (χ4n) is 4.47. The Labute approximate surface area is 168 Å². The van der Waals surface area contributed by atoms with E-state index in [2.05, 4.69) is 15.4 Å². The molecular weight excluding hydrogens is 368 g/mol. The summed E-state index contributed by atoms with van der Waals surface area (Å²) in [5.41, 5.74) is 3.49. The van der Waals surface area contributed by atoms with Crippen LogP contribution in [0.25, 0.3) is 5.65 Å². The van der Waals surface area contributed by atoms with Gasteiger partial charge in [-0.25, -0.2) is 4.98 Å². The SMILES string of the molecule is Cn1nc(C(=O)NC2CCCC2)c2c1CCN(C(=O)c1cn3ccccc3n1)C2. The Morgan fingerprint density at radius 1 is 1.21 bits per heavy atom. The van der Waals surface area contributed by atoms with Crippen molar-refractivity contribution in [2.75, 3.05) is 6.54 Å². The van der Waals surface area contributed by atoms with E-state index in [0.717, 1.165) is 42.6 Å². The number of hydrogen-bond acceptors (Lipinski definition) is 4. The van der Waals surface area contributed by atoms with Crippen molar-refractivity contribution in [1.82, 2.24) is 29.4 Å². The summed E-state index contributed by atoms with van der Waals surface area (Å²) in [6.45, 7) is 0.965. The van der Waals surface area contributed by atoms with Gasteiger partial charge in [-0.2, -0.15) is 5.10 Å². The van der Waals surface area contributed by atoms with Crippen LogP contribution in [-0.2, 0) is 20.0 Å². The number of hydrogen-bond donors (Lipinski definition) is 1. The van der Waals surface area contributed by atoms with Crippen LogP contribution in [0.15, 0.2) is 30.6 Å². The Kier molecular flexibility index (Phi) is 4.34. The average Bonchev–Trinajstić information content (AvgIpc) is 3.46. The Bertz CT molecular complexity index is 1060. The molecule has 2 aliphatic rings. The molecule has 29 heavy (non-hydrogen) atoms. The van der Waals surface area contributed by atoms with E-state index in [-0.39, 0.29) is 17.9 Å². The van der Waals surface area contributed by atoms with E-state index in [1.807, 2.05) is 35.8 Å². The third-order valence-electron chi connectivity index (χ3n) is 6.02. The van der Waals surface area contributed by atoms with Gasteiger partial charge in [0.1, 0.15) is 11.3 Å². The van der Waals surface area contributed by atoms with Crippen molar-refractivity contribution in [3.05, 3.63) is 53.2 Å². The normalized spacial score (nSPS) is 16.9. The number of carbonyl (C=O) groups excluding carboxylic acids is 2. The monoisotopic (exact) mass is 392 g/mol. The van der Waals surface area contributed by atoms with Gasteiger partial charge in [0.25, 0.3) is 11.8 Å². The van der Waals surface area contributed by atoms with Gasteiger partial charge in [-0.05, 0) is 25.0 Å². The first-order chi connectivity index (χ1) is 14.1. The van der Waals surface area contributed by atoms with Crippen LogP contribution in [0.4, 0.5) is 0 Å². The van der Waals surface area contributed by atoms with E-state index in [9.17, 15) is 9.59 Å². The minimum absolute atomic E-state index is 0.120. The summed E-state index contributed by atoms with van der Waals surface area (Å²) in [7, 11) is 1.87. The maximum atomic E-state index is 13.1. The number of nitrogens with zero attached hydrogens (tertiary/aromatic N) is 5. The lowest BCUT2D eigenvalue weighted by atomic mass is 10.0. The molecule has 0 aromatic carbocycles. The molecule has 1 saturated carbocycles. The van der Waals surface area contributed by atoms with Crippen molar-refractivity contribution in [2.24, 2.45) is 7.05 Å². The zero-order valence-corrected chi connectivity index (χ0v) is 16.5. The second kappa shape index (κ2) is 7.02. The predicted molar refractivity (Wildman–Crippen MR) is 107 cm³/mol. The zero-order valence-electron chi connectivity index (χ0n) is 16.5. The maximum absolute atomic E-state index is 13.1. The first-order valence-corrected chi connectivity index (χ1v) is 10.2. The molecule has 1 fully saturated rings. The molecule has 1 aliphatic heterocycles. The number of fused-ring (bicyclic) bond motifs is 2. The molecule has 0 radical (unpaired) electrons. The van der Waals surface area contributed by atoms with Crippen LogP contribution >= 0.6 is 0 Å². The number of imidazole rings is 1. The highest BCUT2D eigenvalue weighted by molar-refractivity contribution is 5.95. The van der Waals surface area contributed by atoms with Crippen LogP contribution in [0.3, 0.4) is 0 Å². The third-order valence-corrected chi connectivity index (χ3v) is 6.02. The van der Waals surface area contributed by atoms with Gasteiger partial charge in [0, 0.05) is 49.7 Å². The summed E-state index contributed by atoms with van der Waals surface area (Å²) in [6, 6.07) is 5.91.